The first-order chi connectivity index (χ1) is 6.80. The molecule has 1 aromatic rings. The summed E-state index contributed by atoms with van der Waals surface area (Å²) in [5.41, 5.74) is -4.74. The Labute approximate surface area is 111 Å². The third kappa shape index (κ3) is 2.57. The molecular formula is C9H6F3NaO3. The fourth-order valence-electron chi connectivity index (χ4n) is 1.08. The van der Waals surface area contributed by atoms with Gasteiger partial charge in [-0.2, -0.15) is 13.2 Å². The third-order valence-corrected chi connectivity index (χ3v) is 1.90. The molecule has 1 rings (SSSR count). The molecular weight excluding hydrogens is 236 g/mol. The van der Waals surface area contributed by atoms with E-state index in [0.717, 1.165) is 12.1 Å². The van der Waals surface area contributed by atoms with E-state index in [1.807, 2.05) is 0 Å². The number of carboxylic acid groups (broad SMARTS) is 1. The molecule has 82 valence electrons. The number of halogens is 3. The minimum Gasteiger partial charge on any atom is -0.546 e. The Bertz CT molecular complexity index is 366. The van der Waals surface area contributed by atoms with Gasteiger partial charge in [0, 0.05) is 0 Å². The SMILES string of the molecule is O=C([O-])C(O)(c1ccccc1)C(F)(F)F.[Na+]. The smallest absolute Gasteiger partial charge is 0.546 e. The van der Waals surface area contributed by atoms with Gasteiger partial charge in [-0.1, -0.05) is 30.3 Å². The summed E-state index contributed by atoms with van der Waals surface area (Å²) in [5.74, 6) is -2.60. The van der Waals surface area contributed by atoms with E-state index in [9.17, 15) is 23.1 Å². The molecule has 7 heteroatoms. The van der Waals surface area contributed by atoms with Gasteiger partial charge in [0.05, 0.1) is 5.97 Å². The number of aliphatic carboxylic acids is 1. The van der Waals surface area contributed by atoms with Crippen molar-refractivity contribution in [2.24, 2.45) is 0 Å². The zero-order chi connectivity index (χ0) is 11.7. The van der Waals surface area contributed by atoms with Crippen molar-refractivity contribution in [2.45, 2.75) is 11.8 Å². The second-order valence-electron chi connectivity index (χ2n) is 2.86. The van der Waals surface area contributed by atoms with Gasteiger partial charge in [0.1, 0.15) is 0 Å². The summed E-state index contributed by atoms with van der Waals surface area (Å²) in [6.07, 6.45) is -5.33. The van der Waals surface area contributed by atoms with Crippen molar-refractivity contribution >= 4 is 5.97 Å². The third-order valence-electron chi connectivity index (χ3n) is 1.90. The Morgan fingerprint density at radius 2 is 1.62 bits per heavy atom. The van der Waals surface area contributed by atoms with Crippen LogP contribution in [-0.2, 0) is 10.4 Å². The van der Waals surface area contributed by atoms with Gasteiger partial charge in [0.2, 0.25) is 5.60 Å². The van der Waals surface area contributed by atoms with Crippen LogP contribution in [0.2, 0.25) is 0 Å². The molecule has 0 aliphatic rings. The van der Waals surface area contributed by atoms with Gasteiger partial charge in [0.15, 0.2) is 0 Å². The largest absolute Gasteiger partial charge is 1.00 e. The number of hydrogen-bond donors (Lipinski definition) is 1. The fraction of sp³-hybridized carbons (Fsp3) is 0.222. The molecule has 0 aliphatic heterocycles. The maximum atomic E-state index is 12.4. The van der Waals surface area contributed by atoms with Gasteiger partial charge in [-0.25, -0.2) is 0 Å². The molecule has 0 saturated carbocycles. The molecule has 0 spiro atoms. The summed E-state index contributed by atoms with van der Waals surface area (Å²) in [7, 11) is 0. The second kappa shape index (κ2) is 5.18. The standard InChI is InChI=1S/C9H7F3O3.Na/c10-9(11,12)8(15,7(13)14)6-4-2-1-3-5-6;/h1-5,15H,(H,13,14);/q;+1/p-1. The Kier molecular flexibility index (Phi) is 5.00. The van der Waals surface area contributed by atoms with Crippen molar-refractivity contribution in [3.05, 3.63) is 35.9 Å². The molecule has 1 unspecified atom stereocenters. The van der Waals surface area contributed by atoms with Gasteiger partial charge in [-0.05, 0) is 5.56 Å². The zero-order valence-corrected chi connectivity index (χ0v) is 10.3. The van der Waals surface area contributed by atoms with E-state index < -0.39 is 23.3 Å². The van der Waals surface area contributed by atoms with Crippen LogP contribution in [0.3, 0.4) is 0 Å². The molecule has 0 aliphatic carbocycles. The molecule has 0 bridgehead atoms. The van der Waals surface area contributed by atoms with E-state index in [4.69, 9.17) is 5.11 Å². The molecule has 1 atom stereocenters. The van der Waals surface area contributed by atoms with E-state index in [1.54, 1.807) is 0 Å². The summed E-state index contributed by atoms with van der Waals surface area (Å²) in [5, 5.41) is 19.5. The van der Waals surface area contributed by atoms with Crippen LogP contribution in [-0.4, -0.2) is 17.3 Å². The van der Waals surface area contributed by atoms with Crippen LogP contribution in [0.4, 0.5) is 13.2 Å². The summed E-state index contributed by atoms with van der Waals surface area (Å²) < 4.78 is 37.1. The monoisotopic (exact) mass is 242 g/mol. The Morgan fingerprint density at radius 1 is 1.19 bits per heavy atom. The van der Waals surface area contributed by atoms with Gasteiger partial charge in [-0.3, -0.25) is 0 Å². The number of rotatable bonds is 2. The number of carboxylic acids is 1. The number of carbonyl (C=O) groups is 1. The molecule has 0 saturated heterocycles. The van der Waals surface area contributed by atoms with Crippen LogP contribution < -0.4 is 34.7 Å². The predicted molar refractivity (Wildman–Crippen MR) is 41.4 cm³/mol. The van der Waals surface area contributed by atoms with Gasteiger partial charge >= 0.3 is 35.7 Å². The Balaban J connectivity index is 0.00000225. The zero-order valence-electron chi connectivity index (χ0n) is 8.28. The second-order valence-corrected chi connectivity index (χ2v) is 2.86. The van der Waals surface area contributed by atoms with E-state index in [-0.39, 0.29) is 29.6 Å². The van der Waals surface area contributed by atoms with Crippen molar-refractivity contribution in [1.82, 2.24) is 0 Å². The quantitative estimate of drug-likeness (QED) is 0.569. The fourth-order valence-corrected chi connectivity index (χ4v) is 1.08. The van der Waals surface area contributed by atoms with Gasteiger partial charge in [0.25, 0.3) is 0 Å². The van der Waals surface area contributed by atoms with Crippen LogP contribution in [0.15, 0.2) is 30.3 Å². The summed E-state index contributed by atoms with van der Waals surface area (Å²) in [4.78, 5) is 10.4. The number of benzene rings is 1. The van der Waals surface area contributed by atoms with Crippen molar-refractivity contribution < 1.29 is 57.7 Å². The number of aliphatic hydroxyl groups is 1. The Hall–Kier alpha value is -0.560. The van der Waals surface area contributed by atoms with Gasteiger partial charge in [-0.15, -0.1) is 0 Å². The molecule has 0 amide bonds. The first kappa shape index (κ1) is 15.4. The van der Waals surface area contributed by atoms with Crippen molar-refractivity contribution in [3.8, 4) is 0 Å². The molecule has 0 aromatic heterocycles. The average Bonchev–Trinajstić information content (AvgIpc) is 2.16. The Morgan fingerprint density at radius 3 is 1.94 bits per heavy atom. The van der Waals surface area contributed by atoms with E-state index in [0.29, 0.717) is 0 Å². The first-order valence-corrected chi connectivity index (χ1v) is 3.86. The van der Waals surface area contributed by atoms with Crippen LogP contribution >= 0.6 is 0 Å². The molecule has 1 aromatic carbocycles. The number of hydrogen-bond acceptors (Lipinski definition) is 3. The van der Waals surface area contributed by atoms with Crippen molar-refractivity contribution in [1.29, 1.82) is 0 Å². The first-order valence-electron chi connectivity index (χ1n) is 3.86. The predicted octanol–water partition coefficient (Wildman–Crippen LogP) is -2.81. The van der Waals surface area contributed by atoms with Crippen LogP contribution in [0.25, 0.3) is 0 Å². The minimum absolute atomic E-state index is 0. The van der Waals surface area contributed by atoms with E-state index in [1.165, 1.54) is 18.2 Å². The molecule has 0 radical (unpaired) electrons. The van der Waals surface area contributed by atoms with Crippen molar-refractivity contribution in [3.63, 3.8) is 0 Å². The van der Waals surface area contributed by atoms with Crippen LogP contribution in [0.1, 0.15) is 5.56 Å². The summed E-state index contributed by atoms with van der Waals surface area (Å²) in [6.45, 7) is 0. The molecule has 0 heterocycles. The maximum Gasteiger partial charge on any atom is 1.00 e. The average molecular weight is 242 g/mol. The summed E-state index contributed by atoms with van der Waals surface area (Å²) in [6, 6.07) is 5.51. The van der Waals surface area contributed by atoms with Gasteiger partial charge < -0.3 is 15.0 Å². The minimum atomic E-state index is -5.33. The molecule has 3 nitrogen and oxygen atoms in total. The molecule has 1 N–H and O–H groups in total. The normalized spacial score (nSPS) is 14.8. The van der Waals surface area contributed by atoms with Crippen LogP contribution in [0, 0.1) is 0 Å². The van der Waals surface area contributed by atoms with Crippen LogP contribution in [0.5, 0.6) is 0 Å². The molecule has 16 heavy (non-hydrogen) atoms. The van der Waals surface area contributed by atoms with Crippen molar-refractivity contribution in [2.75, 3.05) is 0 Å². The van der Waals surface area contributed by atoms with E-state index in [2.05, 4.69) is 0 Å². The number of carbonyl (C=O) groups excluding carboxylic acids is 1. The topological polar surface area (TPSA) is 60.4 Å². The number of alkyl halides is 3. The summed E-state index contributed by atoms with van der Waals surface area (Å²) >= 11 is 0. The maximum absolute atomic E-state index is 12.4. The van der Waals surface area contributed by atoms with E-state index >= 15 is 0 Å². The molecule has 0 fully saturated rings.